The fourth-order valence-corrected chi connectivity index (χ4v) is 2.12. The molecular formula is C12H16BrClN2O2. The van der Waals surface area contributed by atoms with Crippen LogP contribution in [0.3, 0.4) is 0 Å². The highest BCUT2D eigenvalue weighted by molar-refractivity contribution is 9.10. The van der Waals surface area contributed by atoms with Gasteiger partial charge in [0.15, 0.2) is 0 Å². The van der Waals surface area contributed by atoms with Crippen molar-refractivity contribution in [1.82, 2.24) is 10.6 Å². The van der Waals surface area contributed by atoms with E-state index in [1.54, 1.807) is 12.1 Å². The van der Waals surface area contributed by atoms with E-state index in [4.69, 9.17) is 0 Å². The fourth-order valence-electron chi connectivity index (χ4n) is 1.85. The molecule has 0 aliphatic carbocycles. The summed E-state index contributed by atoms with van der Waals surface area (Å²) in [6.45, 7) is 1.86. The number of β-amino-alcohol motifs (C(OH)–C–C–N with tert-alkyl or cyclic N) is 1. The second-order valence-corrected chi connectivity index (χ2v) is 5.12. The Morgan fingerprint density at radius 3 is 2.61 bits per heavy atom. The standard InChI is InChI=1S/C12H15BrN2O2.ClH/c13-10-3-1-8(2-4-10)12(17)15-6-9-5-14-7-11(9)16;/h1-4,9,11,14,16H,5-7H2,(H,15,17);1H. The summed E-state index contributed by atoms with van der Waals surface area (Å²) in [7, 11) is 0. The summed E-state index contributed by atoms with van der Waals surface area (Å²) in [6.07, 6.45) is -0.361. The minimum atomic E-state index is -0.361. The van der Waals surface area contributed by atoms with E-state index >= 15 is 0 Å². The van der Waals surface area contributed by atoms with E-state index in [2.05, 4.69) is 26.6 Å². The lowest BCUT2D eigenvalue weighted by Crippen LogP contribution is -2.34. The highest BCUT2D eigenvalue weighted by Gasteiger charge is 2.25. The van der Waals surface area contributed by atoms with Crippen molar-refractivity contribution >= 4 is 34.2 Å². The van der Waals surface area contributed by atoms with Gasteiger partial charge in [0.2, 0.25) is 0 Å². The lowest BCUT2D eigenvalue weighted by molar-refractivity contribution is 0.0927. The van der Waals surface area contributed by atoms with E-state index in [-0.39, 0.29) is 30.3 Å². The van der Waals surface area contributed by atoms with Crippen LogP contribution in [0.1, 0.15) is 10.4 Å². The third kappa shape index (κ3) is 3.95. The Labute approximate surface area is 121 Å². The second-order valence-electron chi connectivity index (χ2n) is 4.20. The van der Waals surface area contributed by atoms with Crippen molar-refractivity contribution in [2.75, 3.05) is 19.6 Å². The van der Waals surface area contributed by atoms with Crippen LogP contribution in [0.4, 0.5) is 0 Å². The molecule has 2 atom stereocenters. The number of aliphatic hydroxyl groups is 1. The largest absolute Gasteiger partial charge is 0.391 e. The van der Waals surface area contributed by atoms with Crippen LogP contribution in [0.25, 0.3) is 0 Å². The number of carbonyl (C=O) groups excluding carboxylic acids is 1. The van der Waals surface area contributed by atoms with Crippen molar-refractivity contribution in [1.29, 1.82) is 0 Å². The monoisotopic (exact) mass is 334 g/mol. The average Bonchev–Trinajstić information content (AvgIpc) is 2.73. The van der Waals surface area contributed by atoms with Gasteiger partial charge in [-0.05, 0) is 24.3 Å². The zero-order chi connectivity index (χ0) is 12.3. The van der Waals surface area contributed by atoms with E-state index in [0.717, 1.165) is 11.0 Å². The van der Waals surface area contributed by atoms with E-state index in [1.165, 1.54) is 0 Å². The molecule has 3 N–H and O–H groups in total. The van der Waals surface area contributed by atoms with Crippen LogP contribution in [-0.4, -0.2) is 36.8 Å². The van der Waals surface area contributed by atoms with Crippen LogP contribution in [0, 0.1) is 5.92 Å². The van der Waals surface area contributed by atoms with Gasteiger partial charge in [-0.15, -0.1) is 12.4 Å². The van der Waals surface area contributed by atoms with Gasteiger partial charge in [0.25, 0.3) is 5.91 Å². The summed E-state index contributed by atoms with van der Waals surface area (Å²) < 4.78 is 0.949. The molecule has 0 aromatic heterocycles. The van der Waals surface area contributed by atoms with E-state index in [1.807, 2.05) is 12.1 Å². The van der Waals surface area contributed by atoms with Crippen LogP contribution < -0.4 is 10.6 Å². The molecule has 1 aromatic carbocycles. The lowest BCUT2D eigenvalue weighted by Gasteiger charge is -2.14. The first-order chi connectivity index (χ1) is 8.16. The van der Waals surface area contributed by atoms with Crippen molar-refractivity contribution in [3.05, 3.63) is 34.3 Å². The first-order valence-electron chi connectivity index (χ1n) is 5.59. The number of nitrogens with one attached hydrogen (secondary N) is 2. The molecule has 1 aliphatic rings. The van der Waals surface area contributed by atoms with Crippen molar-refractivity contribution < 1.29 is 9.90 Å². The number of hydrogen-bond donors (Lipinski definition) is 3. The van der Waals surface area contributed by atoms with Crippen LogP contribution in [-0.2, 0) is 0 Å². The SMILES string of the molecule is Cl.O=C(NCC1CNCC1O)c1ccc(Br)cc1. The number of aliphatic hydroxyl groups excluding tert-OH is 1. The Balaban J connectivity index is 0.00000162. The number of benzene rings is 1. The van der Waals surface area contributed by atoms with Crippen LogP contribution in [0.15, 0.2) is 28.7 Å². The minimum Gasteiger partial charge on any atom is -0.391 e. The molecular weight excluding hydrogens is 320 g/mol. The third-order valence-corrected chi connectivity index (χ3v) is 3.46. The summed E-state index contributed by atoms with van der Waals surface area (Å²) in [4.78, 5) is 11.8. The van der Waals surface area contributed by atoms with Crippen molar-refractivity contribution in [2.24, 2.45) is 5.92 Å². The van der Waals surface area contributed by atoms with E-state index in [9.17, 15) is 9.90 Å². The second kappa shape index (κ2) is 7.09. The van der Waals surface area contributed by atoms with Gasteiger partial charge in [0.05, 0.1) is 6.10 Å². The van der Waals surface area contributed by atoms with Gasteiger partial charge in [-0.3, -0.25) is 4.79 Å². The average molecular weight is 336 g/mol. The molecule has 100 valence electrons. The summed E-state index contributed by atoms with van der Waals surface area (Å²) in [5.41, 5.74) is 0.633. The smallest absolute Gasteiger partial charge is 0.251 e. The maximum absolute atomic E-state index is 11.8. The minimum absolute atomic E-state index is 0. The first kappa shape index (κ1) is 15.4. The van der Waals surface area contributed by atoms with Crippen LogP contribution >= 0.6 is 28.3 Å². The maximum Gasteiger partial charge on any atom is 0.251 e. The molecule has 2 rings (SSSR count). The molecule has 6 heteroatoms. The topological polar surface area (TPSA) is 61.4 Å². The van der Waals surface area contributed by atoms with Crippen molar-refractivity contribution in [2.45, 2.75) is 6.10 Å². The van der Waals surface area contributed by atoms with Gasteiger partial charge in [-0.25, -0.2) is 0 Å². The third-order valence-electron chi connectivity index (χ3n) is 2.94. The predicted molar refractivity (Wildman–Crippen MR) is 76.1 cm³/mol. The van der Waals surface area contributed by atoms with Gasteiger partial charge in [-0.1, -0.05) is 15.9 Å². The number of halogens is 2. The number of amides is 1. The molecule has 1 heterocycles. The summed E-state index contributed by atoms with van der Waals surface area (Å²) in [5, 5.41) is 15.5. The summed E-state index contributed by atoms with van der Waals surface area (Å²) in [6, 6.07) is 7.20. The number of rotatable bonds is 3. The van der Waals surface area contributed by atoms with Crippen molar-refractivity contribution in [3.8, 4) is 0 Å². The number of hydrogen-bond acceptors (Lipinski definition) is 3. The Bertz CT molecular complexity index is 400. The van der Waals surface area contributed by atoms with E-state index in [0.29, 0.717) is 18.7 Å². The normalized spacial score (nSPS) is 22.3. The maximum atomic E-state index is 11.8. The molecule has 0 saturated carbocycles. The van der Waals surface area contributed by atoms with Crippen LogP contribution in [0.5, 0.6) is 0 Å². The molecule has 0 bridgehead atoms. The van der Waals surface area contributed by atoms with Gasteiger partial charge >= 0.3 is 0 Å². The molecule has 1 fully saturated rings. The first-order valence-corrected chi connectivity index (χ1v) is 6.38. The fraction of sp³-hybridized carbons (Fsp3) is 0.417. The highest BCUT2D eigenvalue weighted by atomic mass is 79.9. The molecule has 0 spiro atoms. The Morgan fingerprint density at radius 2 is 2.06 bits per heavy atom. The molecule has 1 saturated heterocycles. The Kier molecular flexibility index (Phi) is 6.08. The zero-order valence-corrected chi connectivity index (χ0v) is 12.1. The Hall–Kier alpha value is -0.620. The predicted octanol–water partition coefficient (Wildman–Crippen LogP) is 1.18. The van der Waals surface area contributed by atoms with Gasteiger partial charge < -0.3 is 15.7 Å². The van der Waals surface area contributed by atoms with Gasteiger partial charge in [0.1, 0.15) is 0 Å². The lowest BCUT2D eigenvalue weighted by atomic mass is 10.1. The molecule has 1 aliphatic heterocycles. The van der Waals surface area contributed by atoms with Crippen molar-refractivity contribution in [3.63, 3.8) is 0 Å². The zero-order valence-electron chi connectivity index (χ0n) is 9.73. The summed E-state index contributed by atoms with van der Waals surface area (Å²) >= 11 is 3.32. The molecule has 1 amide bonds. The molecule has 18 heavy (non-hydrogen) atoms. The molecule has 1 aromatic rings. The molecule has 4 nitrogen and oxygen atoms in total. The molecule has 0 radical (unpaired) electrons. The summed E-state index contributed by atoms with van der Waals surface area (Å²) in [5.74, 6) is 0.00555. The van der Waals surface area contributed by atoms with Gasteiger partial charge in [-0.2, -0.15) is 0 Å². The quantitative estimate of drug-likeness (QED) is 0.777. The molecule has 2 unspecified atom stereocenters. The number of carbonyl (C=O) groups is 1. The highest BCUT2D eigenvalue weighted by Crippen LogP contribution is 2.11. The van der Waals surface area contributed by atoms with Crippen LogP contribution in [0.2, 0.25) is 0 Å². The Morgan fingerprint density at radius 1 is 1.39 bits per heavy atom. The van der Waals surface area contributed by atoms with E-state index < -0.39 is 0 Å². The van der Waals surface area contributed by atoms with Gasteiger partial charge in [0, 0.05) is 35.6 Å².